The zero-order valence-corrected chi connectivity index (χ0v) is 11.6. The number of hydrogen-bond acceptors (Lipinski definition) is 3. The van der Waals surface area contributed by atoms with Crippen molar-refractivity contribution in [2.45, 2.75) is 13.0 Å². The number of hydrogen-bond donors (Lipinski definition) is 0. The second-order valence-electron chi connectivity index (χ2n) is 3.86. The quantitative estimate of drug-likeness (QED) is 0.807. The Morgan fingerprint density at radius 2 is 2.12 bits per heavy atom. The molecule has 17 heavy (non-hydrogen) atoms. The first kappa shape index (κ1) is 13.9. The summed E-state index contributed by atoms with van der Waals surface area (Å²) in [6, 6.07) is 7.82. The minimum absolute atomic E-state index is 0.0193. The van der Waals surface area contributed by atoms with E-state index in [9.17, 15) is 4.79 Å². The highest BCUT2D eigenvalue weighted by Gasteiger charge is 2.19. The minimum Gasteiger partial charge on any atom is -0.496 e. The molecule has 0 radical (unpaired) electrons. The first-order chi connectivity index (χ1) is 8.11. The molecule has 0 spiro atoms. The van der Waals surface area contributed by atoms with Crippen molar-refractivity contribution in [3.8, 4) is 5.75 Å². The second-order valence-corrected chi connectivity index (χ2v) is 4.72. The molecule has 1 atom stereocenters. The van der Waals surface area contributed by atoms with E-state index in [4.69, 9.17) is 4.74 Å². The van der Waals surface area contributed by atoms with Gasteiger partial charge in [0.25, 0.3) is 0 Å². The summed E-state index contributed by atoms with van der Waals surface area (Å²) in [5.41, 5.74) is 1.03. The van der Waals surface area contributed by atoms with Gasteiger partial charge in [0.1, 0.15) is 5.75 Å². The van der Waals surface area contributed by atoms with Crippen molar-refractivity contribution in [2.24, 2.45) is 0 Å². The lowest BCUT2D eigenvalue weighted by atomic mass is 10.1. The largest absolute Gasteiger partial charge is 0.496 e. The third-order valence-corrected chi connectivity index (χ3v) is 3.37. The molecule has 0 fully saturated rings. The van der Waals surface area contributed by atoms with Crippen molar-refractivity contribution in [3.05, 3.63) is 29.8 Å². The molecule has 0 aliphatic carbocycles. The fourth-order valence-corrected chi connectivity index (χ4v) is 2.11. The molecule has 4 heteroatoms. The number of rotatable bonds is 5. The lowest BCUT2D eigenvalue weighted by Crippen LogP contribution is -2.31. The second kappa shape index (κ2) is 6.55. The van der Waals surface area contributed by atoms with Crippen LogP contribution in [0.25, 0.3) is 0 Å². The van der Waals surface area contributed by atoms with Gasteiger partial charge in [0.05, 0.1) is 18.9 Å². The van der Waals surface area contributed by atoms with Gasteiger partial charge >= 0.3 is 0 Å². The maximum Gasteiger partial charge on any atom is 0.232 e. The van der Waals surface area contributed by atoms with E-state index in [0.717, 1.165) is 11.3 Å². The summed E-state index contributed by atoms with van der Waals surface area (Å²) in [7, 11) is 3.48. The van der Waals surface area contributed by atoms with Gasteiger partial charge in [0.2, 0.25) is 5.91 Å². The van der Waals surface area contributed by atoms with Crippen LogP contribution in [0.3, 0.4) is 0 Å². The Labute approximate surface area is 107 Å². The predicted octanol–water partition coefficient (Wildman–Crippen LogP) is 2.58. The molecule has 1 aromatic rings. The van der Waals surface area contributed by atoms with Crippen LogP contribution in [0, 0.1) is 0 Å². The molecule has 0 heterocycles. The molecule has 1 aromatic carbocycles. The average Bonchev–Trinajstić information content (AvgIpc) is 2.37. The van der Waals surface area contributed by atoms with Gasteiger partial charge in [-0.2, -0.15) is 11.8 Å². The molecule has 0 N–H and O–H groups in total. The monoisotopic (exact) mass is 253 g/mol. The lowest BCUT2D eigenvalue weighted by Gasteiger charge is -2.26. The molecule has 0 aliphatic heterocycles. The van der Waals surface area contributed by atoms with Crippen molar-refractivity contribution < 1.29 is 9.53 Å². The van der Waals surface area contributed by atoms with Gasteiger partial charge in [-0.25, -0.2) is 0 Å². The van der Waals surface area contributed by atoms with Crippen molar-refractivity contribution in [3.63, 3.8) is 0 Å². The first-order valence-corrected chi connectivity index (χ1v) is 6.88. The molecular weight excluding hydrogens is 234 g/mol. The number of para-hydroxylation sites is 1. The van der Waals surface area contributed by atoms with Gasteiger partial charge in [-0.15, -0.1) is 0 Å². The van der Waals surface area contributed by atoms with Crippen molar-refractivity contribution >= 4 is 17.7 Å². The maximum absolute atomic E-state index is 11.8. The zero-order chi connectivity index (χ0) is 12.8. The Bertz CT molecular complexity index is 381. The van der Waals surface area contributed by atoms with Crippen LogP contribution in [0.15, 0.2) is 24.3 Å². The van der Waals surface area contributed by atoms with Crippen molar-refractivity contribution in [2.75, 3.05) is 26.2 Å². The van der Waals surface area contributed by atoms with Gasteiger partial charge in [-0.05, 0) is 19.2 Å². The molecule has 0 saturated carbocycles. The lowest BCUT2D eigenvalue weighted by molar-refractivity contribution is -0.128. The SMILES string of the molecule is COc1ccccc1C(C)N(C)C(=O)CSC. The Balaban J connectivity index is 2.88. The highest BCUT2D eigenvalue weighted by Crippen LogP contribution is 2.28. The zero-order valence-electron chi connectivity index (χ0n) is 10.8. The van der Waals surface area contributed by atoms with Crippen LogP contribution >= 0.6 is 11.8 Å². The topological polar surface area (TPSA) is 29.5 Å². The Morgan fingerprint density at radius 1 is 1.47 bits per heavy atom. The Morgan fingerprint density at radius 3 is 2.71 bits per heavy atom. The van der Waals surface area contributed by atoms with E-state index in [1.54, 1.807) is 12.0 Å². The highest BCUT2D eigenvalue weighted by molar-refractivity contribution is 7.99. The summed E-state index contributed by atoms with van der Waals surface area (Å²) in [4.78, 5) is 13.6. The molecular formula is C13H19NO2S. The van der Waals surface area contributed by atoms with Crippen LogP contribution < -0.4 is 4.74 Å². The third-order valence-electron chi connectivity index (χ3n) is 2.83. The summed E-state index contributed by atoms with van der Waals surface area (Å²) in [5.74, 6) is 1.47. The standard InChI is InChI=1S/C13H19NO2S/c1-10(14(2)13(15)9-17-4)11-7-5-6-8-12(11)16-3/h5-8,10H,9H2,1-4H3. The summed E-state index contributed by atoms with van der Waals surface area (Å²) in [6.45, 7) is 2.01. The summed E-state index contributed by atoms with van der Waals surface area (Å²) >= 11 is 1.54. The highest BCUT2D eigenvalue weighted by atomic mass is 32.2. The van der Waals surface area contributed by atoms with Crippen LogP contribution in [0.1, 0.15) is 18.5 Å². The number of methoxy groups -OCH3 is 1. The van der Waals surface area contributed by atoms with Crippen molar-refractivity contribution in [1.29, 1.82) is 0 Å². The molecule has 94 valence electrons. The smallest absolute Gasteiger partial charge is 0.232 e. The fourth-order valence-electron chi connectivity index (χ4n) is 1.66. The van der Waals surface area contributed by atoms with Crippen LogP contribution in [0.5, 0.6) is 5.75 Å². The first-order valence-electron chi connectivity index (χ1n) is 5.49. The van der Waals surface area contributed by atoms with Crippen LogP contribution in [0.4, 0.5) is 0 Å². The van der Waals surface area contributed by atoms with E-state index >= 15 is 0 Å². The van der Waals surface area contributed by atoms with Crippen LogP contribution in [-0.4, -0.2) is 37.0 Å². The van der Waals surface area contributed by atoms with E-state index in [0.29, 0.717) is 5.75 Å². The molecule has 0 aromatic heterocycles. The van der Waals surface area contributed by atoms with Crippen LogP contribution in [-0.2, 0) is 4.79 Å². The summed E-state index contributed by atoms with van der Waals surface area (Å²) < 4.78 is 5.31. The summed E-state index contributed by atoms with van der Waals surface area (Å²) in [6.07, 6.45) is 1.93. The average molecular weight is 253 g/mol. The van der Waals surface area contributed by atoms with E-state index < -0.39 is 0 Å². The van der Waals surface area contributed by atoms with Gasteiger partial charge in [0.15, 0.2) is 0 Å². The van der Waals surface area contributed by atoms with E-state index in [2.05, 4.69) is 0 Å². The van der Waals surface area contributed by atoms with E-state index in [1.807, 2.05) is 44.5 Å². The molecule has 0 saturated heterocycles. The van der Waals surface area contributed by atoms with Gasteiger partial charge < -0.3 is 9.64 Å². The molecule has 1 amide bonds. The van der Waals surface area contributed by atoms with E-state index in [-0.39, 0.29) is 11.9 Å². The Kier molecular flexibility index (Phi) is 5.35. The van der Waals surface area contributed by atoms with Crippen molar-refractivity contribution in [1.82, 2.24) is 4.90 Å². The third kappa shape index (κ3) is 3.40. The van der Waals surface area contributed by atoms with E-state index in [1.165, 1.54) is 11.8 Å². The number of ether oxygens (including phenoxy) is 1. The predicted molar refractivity (Wildman–Crippen MR) is 72.6 cm³/mol. The number of nitrogens with zero attached hydrogens (tertiary/aromatic N) is 1. The number of amides is 1. The number of carbonyl (C=O) groups is 1. The number of carbonyl (C=O) groups excluding carboxylic acids is 1. The number of benzene rings is 1. The molecule has 0 aliphatic rings. The molecule has 0 bridgehead atoms. The van der Waals surface area contributed by atoms with Crippen LogP contribution in [0.2, 0.25) is 0 Å². The van der Waals surface area contributed by atoms with Gasteiger partial charge in [-0.1, -0.05) is 18.2 Å². The number of thioether (sulfide) groups is 1. The maximum atomic E-state index is 11.8. The van der Waals surface area contributed by atoms with Gasteiger partial charge in [-0.3, -0.25) is 4.79 Å². The molecule has 1 unspecified atom stereocenters. The summed E-state index contributed by atoms with van der Waals surface area (Å²) in [5, 5.41) is 0. The normalized spacial score (nSPS) is 12.0. The fraction of sp³-hybridized carbons (Fsp3) is 0.462. The van der Waals surface area contributed by atoms with Gasteiger partial charge in [0, 0.05) is 12.6 Å². The molecule has 1 rings (SSSR count). The molecule has 3 nitrogen and oxygen atoms in total. The minimum atomic E-state index is 0.0193. The Hall–Kier alpha value is -1.16.